The van der Waals surface area contributed by atoms with Crippen LogP contribution in [0, 0.1) is 0 Å². The Bertz CT molecular complexity index is 3270. The van der Waals surface area contributed by atoms with E-state index in [4.69, 9.17) is 19.2 Å². The average molecular weight is 1110 g/mol. The zero-order chi connectivity index (χ0) is 53.3. The summed E-state index contributed by atoms with van der Waals surface area (Å²) in [5.74, 6) is 0.788. The molecule has 0 spiro atoms. The van der Waals surface area contributed by atoms with Crippen molar-refractivity contribution < 1.29 is 50.3 Å². The Labute approximate surface area is 451 Å². The number of ether oxygens (including phenoxy) is 3. The fourth-order valence-corrected chi connectivity index (χ4v) is 17.0. The van der Waals surface area contributed by atoms with Gasteiger partial charge in [-0.2, -0.15) is 9.67 Å². The number of aromatic nitrogens is 5. The van der Waals surface area contributed by atoms with Gasteiger partial charge in [-0.1, -0.05) is 17.4 Å². The fourth-order valence-electron chi connectivity index (χ4n) is 10.4. The van der Waals surface area contributed by atoms with Crippen molar-refractivity contribution in [2.45, 2.75) is 167 Å². The number of pyridine rings is 1. The minimum absolute atomic E-state index is 0.00254. The van der Waals surface area contributed by atoms with Gasteiger partial charge in [0.1, 0.15) is 15.9 Å². The first kappa shape index (κ1) is 53.5. The highest BCUT2D eigenvalue weighted by atomic mass is 32.2. The molecule has 2 aromatic carbocycles. The van der Waals surface area contributed by atoms with Gasteiger partial charge < -0.3 is 35.3 Å². The van der Waals surface area contributed by atoms with E-state index in [1.54, 1.807) is 71.9 Å². The van der Waals surface area contributed by atoms with E-state index < -0.39 is 48.4 Å². The molecule has 4 aliphatic rings. The number of carbonyl (C=O) groups is 2. The van der Waals surface area contributed by atoms with E-state index in [0.29, 0.717) is 95.4 Å². The van der Waals surface area contributed by atoms with Crippen molar-refractivity contribution in [2.75, 3.05) is 11.9 Å². The number of anilines is 2. The second-order valence-corrected chi connectivity index (χ2v) is 27.3. The lowest BCUT2D eigenvalue weighted by molar-refractivity contribution is -0.703. The molecule has 10 rings (SSSR count). The van der Waals surface area contributed by atoms with Gasteiger partial charge in [0.05, 0.1) is 68.1 Å². The molecule has 2 unspecified atom stereocenters. The molecular formula is C54H65N8O10S4+. The fraction of sp³-hybridized carbons (Fsp3) is 0.481. The highest BCUT2D eigenvalue weighted by molar-refractivity contribution is 7.92. The molecule has 4 saturated carbocycles. The highest BCUT2D eigenvalue weighted by Crippen LogP contribution is 2.50. The molecule has 4 aliphatic carbocycles. The van der Waals surface area contributed by atoms with Gasteiger partial charge in [-0.05, 0) is 128 Å². The van der Waals surface area contributed by atoms with Crippen LogP contribution < -0.4 is 25.3 Å². The third-order valence-electron chi connectivity index (χ3n) is 14.3. The van der Waals surface area contributed by atoms with Gasteiger partial charge in [-0.25, -0.2) is 36.4 Å². The Morgan fingerprint density at radius 3 is 2.05 bits per heavy atom. The van der Waals surface area contributed by atoms with Gasteiger partial charge >= 0.3 is 12.2 Å². The third-order valence-corrected chi connectivity index (χ3v) is 21.4. The summed E-state index contributed by atoms with van der Waals surface area (Å²) in [7, 11) is -7.84. The van der Waals surface area contributed by atoms with Crippen LogP contribution in [0.1, 0.15) is 126 Å². The molecule has 4 aromatic heterocycles. The van der Waals surface area contributed by atoms with E-state index in [1.165, 1.54) is 22.7 Å². The number of alkyl carbamates (subject to hydrolysis) is 2. The van der Waals surface area contributed by atoms with Crippen LogP contribution in [-0.2, 0) is 35.7 Å². The lowest BCUT2D eigenvalue weighted by Crippen LogP contribution is -2.41. The molecule has 4 heterocycles. The molecule has 4 N–H and O–H groups in total. The first-order valence-electron chi connectivity index (χ1n) is 26.2. The van der Waals surface area contributed by atoms with Gasteiger partial charge in [0.25, 0.3) is 0 Å². The van der Waals surface area contributed by atoms with E-state index in [-0.39, 0.29) is 52.5 Å². The summed E-state index contributed by atoms with van der Waals surface area (Å²) in [6, 6.07) is 15.2. The Morgan fingerprint density at radius 1 is 0.750 bits per heavy atom. The number of aliphatic hydroxyl groups is 1. The first-order valence-corrected chi connectivity index (χ1v) is 31.0. The van der Waals surface area contributed by atoms with Crippen LogP contribution in [0.25, 0.3) is 20.9 Å². The summed E-state index contributed by atoms with van der Waals surface area (Å²) in [5, 5.41) is 23.6. The zero-order valence-electron chi connectivity index (χ0n) is 43.0. The standard InChI is InChI=1S/C54H64N8O10S4/c1-32(2)70-53(64)59-36-12-8-34(9-13-36)51-56-29-45(73-51)42-21-17-40(72-50-7-5-6-22-55-50)26-48(42)76(68,69)49-27-44(49)62-31-46(74-52(62)35-10-14-37(15-11-35)60-54(65)71-33(3)4)43-20-16-38(25-47(43)75(66,67)41-18-19-41)58-39-28-57-61(30-39)23-24-63/h5-7,16-17,20-22,25-26,28-37,41,44,49,58,63H,8-15,18-19,23-24,27H2,1-4H3,(H-,59,60,64,65)/p+1. The van der Waals surface area contributed by atoms with Crippen molar-refractivity contribution in [3.05, 3.63) is 95.6 Å². The Kier molecular flexibility index (Phi) is 15.9. The Morgan fingerprint density at radius 2 is 1.41 bits per heavy atom. The van der Waals surface area contributed by atoms with Crippen molar-refractivity contribution in [2.24, 2.45) is 0 Å². The maximum Gasteiger partial charge on any atom is 0.407 e. The zero-order valence-corrected chi connectivity index (χ0v) is 46.2. The number of rotatable bonds is 19. The number of hydrogen-bond acceptors (Lipinski definition) is 16. The number of sulfone groups is 2. The monoisotopic (exact) mass is 1110 g/mol. The maximum absolute atomic E-state index is 15.5. The van der Waals surface area contributed by atoms with Gasteiger partial charge in [-0.3, -0.25) is 4.68 Å². The number of thiazole rings is 2. The number of aliphatic hydroxyl groups excluding tert-OH is 1. The predicted molar refractivity (Wildman–Crippen MR) is 289 cm³/mol. The molecule has 18 nitrogen and oxygen atoms in total. The molecule has 76 heavy (non-hydrogen) atoms. The number of amides is 2. The van der Waals surface area contributed by atoms with Crippen molar-refractivity contribution in [1.29, 1.82) is 0 Å². The summed E-state index contributed by atoms with van der Waals surface area (Å²) in [6.07, 6.45) is 14.8. The van der Waals surface area contributed by atoms with Crippen LogP contribution >= 0.6 is 22.7 Å². The van der Waals surface area contributed by atoms with Crippen LogP contribution in [0.3, 0.4) is 0 Å². The summed E-state index contributed by atoms with van der Waals surface area (Å²) in [5.41, 5.74) is 2.28. The minimum Gasteiger partial charge on any atom is -0.447 e. The van der Waals surface area contributed by atoms with E-state index in [1.807, 2.05) is 46.0 Å². The molecule has 2 atom stereocenters. The molecule has 0 bridgehead atoms. The summed E-state index contributed by atoms with van der Waals surface area (Å²) >= 11 is 2.98. The molecule has 6 aromatic rings. The van der Waals surface area contributed by atoms with E-state index >= 15 is 8.42 Å². The van der Waals surface area contributed by atoms with Gasteiger partial charge in [0.2, 0.25) is 10.9 Å². The summed E-state index contributed by atoms with van der Waals surface area (Å²) in [6.45, 7) is 7.49. The first-order chi connectivity index (χ1) is 36.5. The van der Waals surface area contributed by atoms with Crippen LogP contribution in [0.2, 0.25) is 0 Å². The van der Waals surface area contributed by atoms with Gasteiger partial charge in [-0.15, -0.1) is 11.3 Å². The average Bonchev–Trinajstić information content (AvgIpc) is 4.38. The van der Waals surface area contributed by atoms with E-state index in [2.05, 4.69) is 30.6 Å². The van der Waals surface area contributed by atoms with Gasteiger partial charge in [0.15, 0.2) is 31.9 Å². The molecule has 0 saturated heterocycles. The summed E-state index contributed by atoms with van der Waals surface area (Å²) < 4.78 is 80.2. The molecule has 2 amide bonds. The normalized spacial score (nSPS) is 21.8. The SMILES string of the molecule is CC(C)OC(=O)NC1CCC(c2ncc(-c3ccc(Oc4ccccn4)cc3S(=O)(=O)C3CC3[n+]3cc(-c4ccc(Nc5cnn(CCO)c5)cc4S(=O)(=O)C4CC4)sc3C3CCC(NC(=O)OC(C)C)CC3)s2)CC1. The van der Waals surface area contributed by atoms with Crippen molar-refractivity contribution in [3.63, 3.8) is 0 Å². The predicted octanol–water partition coefficient (Wildman–Crippen LogP) is 9.99. The topological polar surface area (TPSA) is 234 Å². The largest absolute Gasteiger partial charge is 0.447 e. The molecular weight excluding hydrogens is 1050 g/mol. The number of nitrogens with zero attached hydrogens (tertiary/aromatic N) is 5. The second kappa shape index (κ2) is 22.6. The number of nitrogens with one attached hydrogen (secondary N) is 3. The lowest BCUT2D eigenvalue weighted by Gasteiger charge is -2.28. The molecule has 22 heteroatoms. The molecule has 0 aliphatic heterocycles. The number of hydrogen-bond donors (Lipinski definition) is 4. The van der Waals surface area contributed by atoms with Gasteiger partial charge in [0, 0.05) is 72.0 Å². The van der Waals surface area contributed by atoms with E-state index in [9.17, 15) is 23.1 Å². The van der Waals surface area contributed by atoms with Crippen LogP contribution in [-0.4, -0.2) is 95.3 Å². The lowest BCUT2D eigenvalue weighted by atomic mass is 9.86. The van der Waals surface area contributed by atoms with E-state index in [0.717, 1.165) is 35.7 Å². The van der Waals surface area contributed by atoms with Crippen molar-refractivity contribution in [3.8, 4) is 32.5 Å². The van der Waals surface area contributed by atoms with Crippen LogP contribution in [0.4, 0.5) is 21.0 Å². The van der Waals surface area contributed by atoms with Crippen molar-refractivity contribution in [1.82, 2.24) is 30.4 Å². The van der Waals surface area contributed by atoms with Crippen molar-refractivity contribution >= 4 is 65.9 Å². The maximum atomic E-state index is 15.5. The molecule has 404 valence electrons. The summed E-state index contributed by atoms with van der Waals surface area (Å²) in [4.78, 5) is 35.9. The molecule has 0 radical (unpaired) electrons. The minimum atomic E-state index is -4.08. The molecule has 4 fully saturated rings. The smallest absolute Gasteiger partial charge is 0.407 e. The van der Waals surface area contributed by atoms with Crippen LogP contribution in [0.15, 0.2) is 95.4 Å². The quantitative estimate of drug-likeness (QED) is 0.0553. The highest BCUT2D eigenvalue weighted by Gasteiger charge is 2.58. The third kappa shape index (κ3) is 12.3. The Balaban J connectivity index is 0.975. The second-order valence-electron chi connectivity index (χ2n) is 20.8. The van der Waals surface area contributed by atoms with Crippen LogP contribution in [0.5, 0.6) is 11.6 Å². The number of carbonyl (C=O) groups excluding carboxylic acids is 2. The number of benzene rings is 2. The Hall–Kier alpha value is -5.94.